The molecule has 15 heavy (non-hydrogen) atoms. The maximum Gasteiger partial charge on any atom is 0.302 e. The maximum atomic E-state index is 10.5. The Morgan fingerprint density at radius 2 is 2.00 bits per heavy atom. The molecule has 0 heterocycles. The molecular weight excluding hydrogens is 192 g/mol. The standard InChI is InChI=1S/C12H20O3/c1-10(7-8-15-12(3)14)5-4-6-11(2)9-13/h6,9-10H,4-5,7-8H2,1-3H3. The molecule has 0 amide bonds. The molecule has 0 spiro atoms. The molecule has 3 nitrogen and oxygen atoms in total. The molecule has 0 aliphatic carbocycles. The predicted molar refractivity (Wildman–Crippen MR) is 59.5 cm³/mol. The quantitative estimate of drug-likeness (QED) is 0.370. The van der Waals surface area contributed by atoms with E-state index in [0.29, 0.717) is 12.5 Å². The van der Waals surface area contributed by atoms with Crippen LogP contribution in [0.4, 0.5) is 0 Å². The maximum absolute atomic E-state index is 10.5. The third kappa shape index (κ3) is 9.19. The van der Waals surface area contributed by atoms with Crippen molar-refractivity contribution in [1.29, 1.82) is 0 Å². The van der Waals surface area contributed by atoms with Crippen LogP contribution in [-0.4, -0.2) is 18.9 Å². The zero-order valence-corrected chi connectivity index (χ0v) is 9.79. The summed E-state index contributed by atoms with van der Waals surface area (Å²) in [7, 11) is 0. The summed E-state index contributed by atoms with van der Waals surface area (Å²) in [5.41, 5.74) is 0.780. The van der Waals surface area contributed by atoms with Crippen molar-refractivity contribution in [2.24, 2.45) is 5.92 Å². The molecule has 0 aromatic rings. The molecule has 1 unspecified atom stereocenters. The first-order chi connectivity index (χ1) is 7.06. The average Bonchev–Trinajstić information content (AvgIpc) is 2.17. The highest BCUT2D eigenvalue weighted by molar-refractivity contribution is 5.71. The van der Waals surface area contributed by atoms with Crippen LogP contribution in [0.25, 0.3) is 0 Å². The molecule has 0 radical (unpaired) electrons. The predicted octanol–water partition coefficient (Wildman–Crippen LogP) is 2.50. The minimum Gasteiger partial charge on any atom is -0.466 e. The van der Waals surface area contributed by atoms with E-state index < -0.39 is 0 Å². The van der Waals surface area contributed by atoms with E-state index in [1.807, 2.05) is 6.08 Å². The van der Waals surface area contributed by atoms with Gasteiger partial charge in [0.2, 0.25) is 0 Å². The van der Waals surface area contributed by atoms with Gasteiger partial charge in [0.15, 0.2) is 0 Å². The summed E-state index contributed by atoms with van der Waals surface area (Å²) < 4.78 is 4.85. The smallest absolute Gasteiger partial charge is 0.302 e. The van der Waals surface area contributed by atoms with Crippen LogP contribution < -0.4 is 0 Å². The van der Waals surface area contributed by atoms with Crippen LogP contribution in [0, 0.1) is 5.92 Å². The molecule has 0 aromatic carbocycles. The third-order valence-electron chi connectivity index (χ3n) is 2.23. The number of aldehydes is 1. The second-order valence-corrected chi connectivity index (χ2v) is 3.88. The molecular formula is C12H20O3. The van der Waals surface area contributed by atoms with Crippen LogP contribution in [-0.2, 0) is 14.3 Å². The summed E-state index contributed by atoms with van der Waals surface area (Å²) in [5.74, 6) is 0.291. The van der Waals surface area contributed by atoms with Gasteiger partial charge in [-0.05, 0) is 37.7 Å². The monoisotopic (exact) mass is 212 g/mol. The lowest BCUT2D eigenvalue weighted by molar-refractivity contribution is -0.141. The first-order valence-corrected chi connectivity index (χ1v) is 5.31. The Labute approximate surface area is 91.5 Å². The molecule has 0 aliphatic heterocycles. The van der Waals surface area contributed by atoms with E-state index in [2.05, 4.69) is 6.92 Å². The van der Waals surface area contributed by atoms with Gasteiger partial charge in [-0.2, -0.15) is 0 Å². The van der Waals surface area contributed by atoms with Crippen LogP contribution in [0.2, 0.25) is 0 Å². The minimum absolute atomic E-state index is 0.223. The van der Waals surface area contributed by atoms with Crippen molar-refractivity contribution < 1.29 is 14.3 Å². The van der Waals surface area contributed by atoms with Crippen molar-refractivity contribution in [3.63, 3.8) is 0 Å². The van der Waals surface area contributed by atoms with E-state index in [1.54, 1.807) is 6.92 Å². The van der Waals surface area contributed by atoms with Gasteiger partial charge in [-0.3, -0.25) is 9.59 Å². The highest BCUT2D eigenvalue weighted by Crippen LogP contribution is 2.11. The normalized spacial score (nSPS) is 13.4. The Hall–Kier alpha value is -1.12. The van der Waals surface area contributed by atoms with Gasteiger partial charge in [-0.15, -0.1) is 0 Å². The van der Waals surface area contributed by atoms with Gasteiger partial charge in [-0.1, -0.05) is 13.0 Å². The van der Waals surface area contributed by atoms with E-state index in [1.165, 1.54) is 6.92 Å². The van der Waals surface area contributed by atoms with E-state index in [-0.39, 0.29) is 5.97 Å². The number of hydrogen-bond acceptors (Lipinski definition) is 3. The number of carbonyl (C=O) groups is 2. The Morgan fingerprint density at radius 3 is 2.53 bits per heavy atom. The van der Waals surface area contributed by atoms with Gasteiger partial charge < -0.3 is 4.74 Å². The largest absolute Gasteiger partial charge is 0.466 e. The molecule has 0 aromatic heterocycles. The molecule has 0 rings (SSSR count). The fourth-order valence-corrected chi connectivity index (χ4v) is 1.19. The molecule has 0 saturated carbocycles. The lowest BCUT2D eigenvalue weighted by atomic mass is 10.0. The van der Waals surface area contributed by atoms with Crippen LogP contribution in [0.5, 0.6) is 0 Å². The second-order valence-electron chi connectivity index (χ2n) is 3.88. The van der Waals surface area contributed by atoms with Gasteiger partial charge in [0, 0.05) is 6.92 Å². The lowest BCUT2D eigenvalue weighted by Gasteiger charge is -2.09. The highest BCUT2D eigenvalue weighted by Gasteiger charge is 2.02. The van der Waals surface area contributed by atoms with Gasteiger partial charge >= 0.3 is 5.97 Å². The molecule has 0 aliphatic rings. The summed E-state index contributed by atoms with van der Waals surface area (Å²) in [6.45, 7) is 5.83. The second kappa shape index (κ2) is 8.21. The zero-order valence-electron chi connectivity index (χ0n) is 9.79. The summed E-state index contributed by atoms with van der Waals surface area (Å²) >= 11 is 0. The summed E-state index contributed by atoms with van der Waals surface area (Å²) in [5, 5.41) is 0. The van der Waals surface area contributed by atoms with Crippen molar-refractivity contribution in [3.8, 4) is 0 Å². The van der Waals surface area contributed by atoms with Gasteiger partial charge in [-0.25, -0.2) is 0 Å². The van der Waals surface area contributed by atoms with Crippen molar-refractivity contribution in [1.82, 2.24) is 0 Å². The van der Waals surface area contributed by atoms with E-state index in [0.717, 1.165) is 31.1 Å². The first-order valence-electron chi connectivity index (χ1n) is 5.31. The zero-order chi connectivity index (χ0) is 11.7. The topological polar surface area (TPSA) is 43.4 Å². The van der Waals surface area contributed by atoms with Crippen LogP contribution >= 0.6 is 0 Å². The summed E-state index contributed by atoms with van der Waals surface area (Å²) in [6.07, 6.45) is 5.62. The first kappa shape index (κ1) is 13.9. The van der Waals surface area contributed by atoms with Crippen molar-refractivity contribution in [2.45, 2.75) is 40.0 Å². The molecule has 0 fully saturated rings. The fourth-order valence-electron chi connectivity index (χ4n) is 1.19. The number of hydrogen-bond donors (Lipinski definition) is 0. The molecule has 0 N–H and O–H groups in total. The summed E-state index contributed by atoms with van der Waals surface area (Å²) in [6, 6.07) is 0. The number of rotatable bonds is 7. The van der Waals surface area contributed by atoms with Crippen LogP contribution in [0.15, 0.2) is 11.6 Å². The van der Waals surface area contributed by atoms with Gasteiger partial charge in [0.25, 0.3) is 0 Å². The molecule has 1 atom stereocenters. The van der Waals surface area contributed by atoms with Crippen molar-refractivity contribution >= 4 is 12.3 Å². The number of carbonyl (C=O) groups excluding carboxylic acids is 2. The molecule has 86 valence electrons. The SMILES string of the molecule is CC(=O)OCCC(C)CCC=C(C)C=O. The molecule has 0 saturated heterocycles. The van der Waals surface area contributed by atoms with Crippen LogP contribution in [0.1, 0.15) is 40.0 Å². The lowest BCUT2D eigenvalue weighted by Crippen LogP contribution is -2.05. The van der Waals surface area contributed by atoms with Crippen molar-refractivity contribution in [3.05, 3.63) is 11.6 Å². The fraction of sp³-hybridized carbons (Fsp3) is 0.667. The van der Waals surface area contributed by atoms with E-state index in [9.17, 15) is 9.59 Å². The molecule has 0 bridgehead atoms. The van der Waals surface area contributed by atoms with Gasteiger partial charge in [0.05, 0.1) is 6.61 Å². The van der Waals surface area contributed by atoms with Crippen molar-refractivity contribution in [2.75, 3.05) is 6.61 Å². The van der Waals surface area contributed by atoms with E-state index in [4.69, 9.17) is 4.74 Å². The highest BCUT2D eigenvalue weighted by atomic mass is 16.5. The van der Waals surface area contributed by atoms with E-state index >= 15 is 0 Å². The number of allylic oxidation sites excluding steroid dienone is 2. The Balaban J connectivity index is 3.53. The Bertz CT molecular complexity index is 231. The Morgan fingerprint density at radius 1 is 1.33 bits per heavy atom. The number of esters is 1. The van der Waals surface area contributed by atoms with Crippen LogP contribution in [0.3, 0.4) is 0 Å². The Kier molecular flexibility index (Phi) is 7.60. The number of ether oxygens (including phenoxy) is 1. The minimum atomic E-state index is -0.223. The van der Waals surface area contributed by atoms with Gasteiger partial charge in [0.1, 0.15) is 6.29 Å². The third-order valence-corrected chi connectivity index (χ3v) is 2.23. The molecule has 3 heteroatoms. The average molecular weight is 212 g/mol. The summed E-state index contributed by atoms with van der Waals surface area (Å²) in [4.78, 5) is 20.8.